The van der Waals surface area contributed by atoms with Crippen LogP contribution < -0.4 is 5.32 Å². The summed E-state index contributed by atoms with van der Waals surface area (Å²) in [6.07, 6.45) is 3.60. The van der Waals surface area contributed by atoms with Gasteiger partial charge in [-0.25, -0.2) is 0 Å². The Labute approximate surface area is 130 Å². The Morgan fingerprint density at radius 2 is 2.00 bits per heavy atom. The van der Waals surface area contributed by atoms with Gasteiger partial charge in [0.2, 0.25) is 0 Å². The maximum absolute atomic E-state index is 4.34. The van der Waals surface area contributed by atoms with Crippen molar-refractivity contribution in [3.8, 4) is 0 Å². The second kappa shape index (κ2) is 6.59. The van der Waals surface area contributed by atoms with Crippen LogP contribution in [0.15, 0.2) is 39.5 Å². The zero-order valence-electron chi connectivity index (χ0n) is 10.8. The van der Waals surface area contributed by atoms with Gasteiger partial charge in [-0.15, -0.1) is 0 Å². The van der Waals surface area contributed by atoms with Crippen molar-refractivity contribution in [2.75, 3.05) is 0 Å². The first kappa shape index (κ1) is 14.6. The van der Waals surface area contributed by atoms with Gasteiger partial charge in [0.25, 0.3) is 0 Å². The van der Waals surface area contributed by atoms with Crippen LogP contribution in [0.4, 0.5) is 0 Å². The van der Waals surface area contributed by atoms with Crippen molar-refractivity contribution in [3.05, 3.63) is 56.5 Å². The maximum Gasteiger partial charge on any atom is 0.0724 e. The number of hydrogen-bond donors (Lipinski definition) is 1. The number of rotatable bonds is 4. The number of aryl methyl sites for hydroxylation is 1. The Morgan fingerprint density at radius 3 is 2.63 bits per heavy atom. The SMILES string of the molecule is Cc1cnc(CNC(C)c2ccc(Br)cc2Br)cn1. The first-order valence-corrected chi connectivity index (χ1v) is 7.60. The minimum absolute atomic E-state index is 0.241. The molecule has 2 aromatic rings. The fraction of sp³-hybridized carbons (Fsp3) is 0.286. The molecule has 1 unspecified atom stereocenters. The molecule has 0 saturated heterocycles. The van der Waals surface area contributed by atoms with Gasteiger partial charge in [0.05, 0.1) is 11.4 Å². The van der Waals surface area contributed by atoms with Crippen LogP contribution in [0.2, 0.25) is 0 Å². The van der Waals surface area contributed by atoms with E-state index in [2.05, 4.69) is 66.2 Å². The van der Waals surface area contributed by atoms with Gasteiger partial charge in [-0.05, 0) is 31.5 Å². The molecule has 0 fully saturated rings. The van der Waals surface area contributed by atoms with E-state index in [4.69, 9.17) is 0 Å². The molecule has 1 N–H and O–H groups in total. The van der Waals surface area contributed by atoms with Crippen molar-refractivity contribution in [2.24, 2.45) is 0 Å². The highest BCUT2D eigenvalue weighted by Gasteiger charge is 2.09. The molecule has 19 heavy (non-hydrogen) atoms. The molecule has 2 rings (SSSR count). The molecule has 1 atom stereocenters. The van der Waals surface area contributed by atoms with Crippen molar-refractivity contribution in [3.63, 3.8) is 0 Å². The van der Waals surface area contributed by atoms with Gasteiger partial charge in [-0.3, -0.25) is 9.97 Å². The third-order valence-corrected chi connectivity index (χ3v) is 4.03. The quantitative estimate of drug-likeness (QED) is 0.859. The van der Waals surface area contributed by atoms with Crippen molar-refractivity contribution >= 4 is 31.9 Å². The number of halogens is 2. The molecular formula is C14H15Br2N3. The third kappa shape index (κ3) is 4.09. The van der Waals surface area contributed by atoms with Gasteiger partial charge in [0, 0.05) is 33.9 Å². The molecule has 0 radical (unpaired) electrons. The van der Waals surface area contributed by atoms with Crippen molar-refractivity contribution in [1.29, 1.82) is 0 Å². The lowest BCUT2D eigenvalue weighted by molar-refractivity contribution is 0.564. The summed E-state index contributed by atoms with van der Waals surface area (Å²) in [4.78, 5) is 8.58. The monoisotopic (exact) mass is 383 g/mol. The number of nitrogens with zero attached hydrogens (tertiary/aromatic N) is 2. The average molecular weight is 385 g/mol. The Bertz CT molecular complexity index is 555. The molecular weight excluding hydrogens is 370 g/mol. The molecule has 0 bridgehead atoms. The number of hydrogen-bond acceptors (Lipinski definition) is 3. The first-order chi connectivity index (χ1) is 9.06. The second-order valence-corrected chi connectivity index (χ2v) is 6.19. The van der Waals surface area contributed by atoms with E-state index >= 15 is 0 Å². The van der Waals surface area contributed by atoms with Gasteiger partial charge < -0.3 is 5.32 Å². The molecule has 0 amide bonds. The van der Waals surface area contributed by atoms with Crippen LogP contribution in [0.3, 0.4) is 0 Å². The highest BCUT2D eigenvalue weighted by atomic mass is 79.9. The van der Waals surface area contributed by atoms with E-state index in [1.54, 1.807) is 6.20 Å². The van der Waals surface area contributed by atoms with Crippen molar-refractivity contribution in [2.45, 2.75) is 26.4 Å². The topological polar surface area (TPSA) is 37.8 Å². The molecule has 0 aliphatic rings. The van der Waals surface area contributed by atoms with Crippen molar-refractivity contribution in [1.82, 2.24) is 15.3 Å². The molecule has 3 nitrogen and oxygen atoms in total. The highest BCUT2D eigenvalue weighted by Crippen LogP contribution is 2.26. The minimum Gasteiger partial charge on any atom is -0.304 e. The summed E-state index contributed by atoms with van der Waals surface area (Å²) in [7, 11) is 0. The molecule has 100 valence electrons. The summed E-state index contributed by atoms with van der Waals surface area (Å²) in [5, 5.41) is 3.45. The third-order valence-electron chi connectivity index (χ3n) is 2.85. The molecule has 0 aliphatic carbocycles. The van der Waals surface area contributed by atoms with Gasteiger partial charge in [-0.2, -0.15) is 0 Å². The Kier molecular flexibility index (Phi) is 5.07. The summed E-state index contributed by atoms with van der Waals surface area (Å²) in [5.74, 6) is 0. The summed E-state index contributed by atoms with van der Waals surface area (Å²) >= 11 is 7.04. The molecule has 1 aromatic heterocycles. The highest BCUT2D eigenvalue weighted by molar-refractivity contribution is 9.11. The Balaban J connectivity index is 2.01. The fourth-order valence-corrected chi connectivity index (χ4v) is 3.12. The smallest absolute Gasteiger partial charge is 0.0724 e. The van der Waals surface area contributed by atoms with Gasteiger partial charge in [0.1, 0.15) is 0 Å². The first-order valence-electron chi connectivity index (χ1n) is 6.02. The van der Waals surface area contributed by atoms with E-state index in [-0.39, 0.29) is 6.04 Å². The molecule has 0 spiro atoms. The van der Waals surface area contributed by atoms with E-state index < -0.39 is 0 Å². The van der Waals surface area contributed by atoms with Gasteiger partial charge in [0.15, 0.2) is 0 Å². The predicted molar refractivity (Wildman–Crippen MR) is 83.9 cm³/mol. The summed E-state index contributed by atoms with van der Waals surface area (Å²) in [5.41, 5.74) is 3.11. The number of aromatic nitrogens is 2. The lowest BCUT2D eigenvalue weighted by Crippen LogP contribution is -2.19. The molecule has 0 aliphatic heterocycles. The second-order valence-electron chi connectivity index (χ2n) is 4.42. The Morgan fingerprint density at radius 1 is 1.21 bits per heavy atom. The van der Waals surface area contributed by atoms with Crippen LogP contribution in [0.25, 0.3) is 0 Å². The van der Waals surface area contributed by atoms with Gasteiger partial charge in [-0.1, -0.05) is 37.9 Å². The number of benzene rings is 1. The van der Waals surface area contributed by atoms with Crippen LogP contribution in [0.1, 0.15) is 29.9 Å². The van der Waals surface area contributed by atoms with Crippen LogP contribution >= 0.6 is 31.9 Å². The maximum atomic E-state index is 4.34. The summed E-state index contributed by atoms with van der Waals surface area (Å²) < 4.78 is 2.16. The van der Waals surface area contributed by atoms with E-state index in [1.807, 2.05) is 19.2 Å². The normalized spacial score (nSPS) is 12.4. The van der Waals surface area contributed by atoms with Crippen LogP contribution in [0, 0.1) is 6.92 Å². The van der Waals surface area contributed by atoms with E-state index in [0.29, 0.717) is 6.54 Å². The van der Waals surface area contributed by atoms with E-state index in [9.17, 15) is 0 Å². The van der Waals surface area contributed by atoms with Crippen LogP contribution in [-0.2, 0) is 6.54 Å². The zero-order chi connectivity index (χ0) is 13.8. The van der Waals surface area contributed by atoms with E-state index in [1.165, 1.54) is 5.56 Å². The summed E-state index contributed by atoms with van der Waals surface area (Å²) in [6.45, 7) is 4.78. The van der Waals surface area contributed by atoms with Crippen LogP contribution in [-0.4, -0.2) is 9.97 Å². The Hall–Kier alpha value is -0.780. The predicted octanol–water partition coefficient (Wildman–Crippen LogP) is 4.16. The molecule has 1 aromatic carbocycles. The fourth-order valence-electron chi connectivity index (χ4n) is 1.73. The summed E-state index contributed by atoms with van der Waals surface area (Å²) in [6, 6.07) is 6.45. The lowest BCUT2D eigenvalue weighted by atomic mass is 10.1. The molecule has 1 heterocycles. The standard InChI is InChI=1S/C14H15Br2N3/c1-9-6-19-12(7-17-9)8-18-10(2)13-4-3-11(15)5-14(13)16/h3-7,10,18H,8H2,1-2H3. The van der Waals surface area contributed by atoms with Gasteiger partial charge >= 0.3 is 0 Å². The minimum atomic E-state index is 0.241. The lowest BCUT2D eigenvalue weighted by Gasteiger charge is -2.15. The molecule has 5 heteroatoms. The average Bonchev–Trinajstić information content (AvgIpc) is 2.37. The van der Waals surface area contributed by atoms with E-state index in [0.717, 1.165) is 20.3 Å². The van der Waals surface area contributed by atoms with Crippen molar-refractivity contribution < 1.29 is 0 Å². The number of nitrogens with one attached hydrogen (secondary N) is 1. The zero-order valence-corrected chi connectivity index (χ0v) is 14.0. The largest absolute Gasteiger partial charge is 0.304 e. The molecule has 0 saturated carbocycles. The van der Waals surface area contributed by atoms with Crippen LogP contribution in [0.5, 0.6) is 0 Å².